The van der Waals surface area contributed by atoms with E-state index in [4.69, 9.17) is 10.5 Å². The molecule has 0 spiro atoms. The highest BCUT2D eigenvalue weighted by molar-refractivity contribution is 5.72. The molecule has 2 fully saturated rings. The number of ether oxygens (including phenoxy) is 1. The second-order valence-corrected chi connectivity index (χ2v) is 6.23. The van der Waals surface area contributed by atoms with Crippen molar-refractivity contribution in [2.24, 2.45) is 17.6 Å². The first-order valence-corrected chi connectivity index (χ1v) is 8.00. The highest BCUT2D eigenvalue weighted by atomic mass is 16.5. The Bertz CT molecular complexity index is 305. The molecule has 1 saturated heterocycles. The average Bonchev–Trinajstić information content (AvgIpc) is 2.48. The van der Waals surface area contributed by atoms with Crippen LogP contribution in [-0.2, 0) is 4.74 Å². The predicted octanol–water partition coefficient (Wildman–Crippen LogP) is 1.57. The Morgan fingerprint density at radius 2 is 2.15 bits per heavy atom. The molecule has 1 aliphatic carbocycles. The summed E-state index contributed by atoms with van der Waals surface area (Å²) in [6.07, 6.45) is 7.95. The molecule has 20 heavy (non-hydrogen) atoms. The summed E-state index contributed by atoms with van der Waals surface area (Å²) in [5.41, 5.74) is 5.54. The van der Waals surface area contributed by atoms with Crippen LogP contribution in [0.25, 0.3) is 0 Å². The molecular weight excluding hydrogens is 254 g/mol. The van der Waals surface area contributed by atoms with Crippen molar-refractivity contribution >= 4 is 6.03 Å². The van der Waals surface area contributed by atoms with Crippen LogP contribution in [0, 0.1) is 11.8 Å². The zero-order valence-corrected chi connectivity index (χ0v) is 12.6. The number of nitrogens with one attached hydrogen (secondary N) is 1. The molecule has 3 N–H and O–H groups in total. The summed E-state index contributed by atoms with van der Waals surface area (Å²) in [5.74, 6) is 1.25. The number of nitrogens with two attached hydrogens (primary N) is 1. The fourth-order valence-electron chi connectivity index (χ4n) is 3.78. The highest BCUT2D eigenvalue weighted by Crippen LogP contribution is 2.31. The molecule has 1 unspecified atom stereocenters. The minimum Gasteiger partial charge on any atom is -0.377 e. The van der Waals surface area contributed by atoms with Crippen LogP contribution in [-0.4, -0.2) is 50.3 Å². The fraction of sp³-hybridized carbons (Fsp3) is 0.933. The van der Waals surface area contributed by atoms with Crippen molar-refractivity contribution < 1.29 is 9.53 Å². The van der Waals surface area contributed by atoms with Crippen molar-refractivity contribution in [1.29, 1.82) is 0 Å². The number of nitrogens with zero attached hydrogens (tertiary/aromatic N) is 1. The van der Waals surface area contributed by atoms with Gasteiger partial charge in [-0.2, -0.15) is 0 Å². The Kier molecular flexibility index (Phi) is 6.10. The zero-order valence-electron chi connectivity index (χ0n) is 12.6. The lowest BCUT2D eigenvalue weighted by molar-refractivity contribution is -0.0122. The van der Waals surface area contributed by atoms with Crippen molar-refractivity contribution in [2.75, 3.05) is 33.4 Å². The maximum atomic E-state index is 11.6. The van der Waals surface area contributed by atoms with Crippen molar-refractivity contribution in [3.8, 4) is 0 Å². The van der Waals surface area contributed by atoms with E-state index in [2.05, 4.69) is 5.32 Å². The number of carbonyl (C=O) groups is 1. The van der Waals surface area contributed by atoms with Crippen LogP contribution >= 0.6 is 0 Å². The van der Waals surface area contributed by atoms with E-state index >= 15 is 0 Å². The van der Waals surface area contributed by atoms with Crippen LogP contribution < -0.4 is 11.1 Å². The fourth-order valence-corrected chi connectivity index (χ4v) is 3.78. The number of amides is 2. The lowest BCUT2D eigenvalue weighted by atomic mass is 9.80. The monoisotopic (exact) mass is 283 g/mol. The van der Waals surface area contributed by atoms with Crippen LogP contribution in [0.5, 0.6) is 0 Å². The molecule has 5 nitrogen and oxygen atoms in total. The van der Waals surface area contributed by atoms with Crippen molar-refractivity contribution in [1.82, 2.24) is 10.2 Å². The number of hydrogen-bond donors (Lipinski definition) is 2. The lowest BCUT2D eigenvalue weighted by Gasteiger charge is -2.40. The van der Waals surface area contributed by atoms with E-state index in [1.807, 2.05) is 11.9 Å². The third-order valence-electron chi connectivity index (χ3n) is 4.82. The highest BCUT2D eigenvalue weighted by Gasteiger charge is 2.33. The quantitative estimate of drug-likeness (QED) is 0.805. The molecule has 2 aliphatic rings. The Labute approximate surface area is 122 Å². The van der Waals surface area contributed by atoms with Crippen LogP contribution in [0.3, 0.4) is 0 Å². The van der Waals surface area contributed by atoms with Gasteiger partial charge in [0.2, 0.25) is 0 Å². The van der Waals surface area contributed by atoms with Gasteiger partial charge in [-0.05, 0) is 31.8 Å². The van der Waals surface area contributed by atoms with Gasteiger partial charge in [0, 0.05) is 6.54 Å². The first-order chi connectivity index (χ1) is 9.72. The van der Waals surface area contributed by atoms with E-state index in [0.717, 1.165) is 12.5 Å². The third-order valence-corrected chi connectivity index (χ3v) is 4.82. The van der Waals surface area contributed by atoms with Crippen molar-refractivity contribution in [3.63, 3.8) is 0 Å². The lowest BCUT2D eigenvalue weighted by Crippen LogP contribution is -2.55. The van der Waals surface area contributed by atoms with Crippen LogP contribution in [0.1, 0.15) is 38.5 Å². The first kappa shape index (κ1) is 15.6. The summed E-state index contributed by atoms with van der Waals surface area (Å²) in [5, 5.41) is 3.28. The molecule has 1 heterocycles. The number of rotatable bonds is 5. The van der Waals surface area contributed by atoms with Crippen LogP contribution in [0.2, 0.25) is 0 Å². The summed E-state index contributed by atoms with van der Waals surface area (Å²) in [7, 11) is 1.98. The molecule has 0 aromatic carbocycles. The molecule has 1 aliphatic heterocycles. The average molecular weight is 283 g/mol. The molecule has 0 aromatic rings. The number of carbonyl (C=O) groups excluding carboxylic acids is 1. The summed E-state index contributed by atoms with van der Waals surface area (Å²) in [4.78, 5) is 13.5. The number of primary amides is 1. The topological polar surface area (TPSA) is 67.6 Å². The normalized spacial score (nSPS) is 26.4. The van der Waals surface area contributed by atoms with Gasteiger partial charge in [-0.3, -0.25) is 0 Å². The predicted molar refractivity (Wildman–Crippen MR) is 79.5 cm³/mol. The van der Waals surface area contributed by atoms with Gasteiger partial charge in [0.05, 0.1) is 19.3 Å². The van der Waals surface area contributed by atoms with Gasteiger partial charge in [-0.1, -0.05) is 32.1 Å². The largest absolute Gasteiger partial charge is 0.377 e. The van der Waals surface area contributed by atoms with E-state index in [0.29, 0.717) is 25.7 Å². The standard InChI is InChI=1S/C15H29N3O2/c1-17-10-13(9-12-5-3-2-4-6-12)14-11-20-8-7-18(14)15(16)19/h12-14,17H,2-11H2,1H3,(H2,16,19)/t13-,14?/m0/s1. The van der Waals surface area contributed by atoms with Gasteiger partial charge < -0.3 is 20.7 Å². The second kappa shape index (κ2) is 7.84. The van der Waals surface area contributed by atoms with E-state index in [1.165, 1.54) is 38.5 Å². The molecule has 2 amide bonds. The molecular formula is C15H29N3O2. The maximum Gasteiger partial charge on any atom is 0.315 e. The molecule has 1 saturated carbocycles. The van der Waals surface area contributed by atoms with E-state index in [1.54, 1.807) is 0 Å². The molecule has 5 heteroatoms. The van der Waals surface area contributed by atoms with Gasteiger partial charge in [-0.25, -0.2) is 4.79 Å². The Balaban J connectivity index is 1.99. The number of morpholine rings is 1. The van der Waals surface area contributed by atoms with Gasteiger partial charge in [0.25, 0.3) is 0 Å². The zero-order chi connectivity index (χ0) is 14.4. The smallest absolute Gasteiger partial charge is 0.315 e. The second-order valence-electron chi connectivity index (χ2n) is 6.23. The van der Waals surface area contributed by atoms with Gasteiger partial charge in [0.15, 0.2) is 0 Å². The number of urea groups is 1. The van der Waals surface area contributed by atoms with Gasteiger partial charge >= 0.3 is 6.03 Å². The third kappa shape index (κ3) is 4.09. The Morgan fingerprint density at radius 1 is 1.40 bits per heavy atom. The molecule has 0 radical (unpaired) electrons. The minimum absolute atomic E-state index is 0.135. The molecule has 0 aromatic heterocycles. The molecule has 2 atom stereocenters. The van der Waals surface area contributed by atoms with E-state index in [-0.39, 0.29) is 12.1 Å². The molecule has 0 bridgehead atoms. The minimum atomic E-state index is -0.303. The van der Waals surface area contributed by atoms with E-state index < -0.39 is 0 Å². The molecule has 2 rings (SSSR count). The van der Waals surface area contributed by atoms with Crippen LogP contribution in [0.15, 0.2) is 0 Å². The molecule has 116 valence electrons. The SMILES string of the molecule is CNC[C@H](CC1CCCCC1)C1COCCN1C(N)=O. The van der Waals surface area contributed by atoms with E-state index in [9.17, 15) is 4.79 Å². The Hall–Kier alpha value is -0.810. The van der Waals surface area contributed by atoms with Gasteiger partial charge in [-0.15, -0.1) is 0 Å². The Morgan fingerprint density at radius 3 is 2.80 bits per heavy atom. The van der Waals surface area contributed by atoms with Crippen molar-refractivity contribution in [3.05, 3.63) is 0 Å². The van der Waals surface area contributed by atoms with Crippen LogP contribution in [0.4, 0.5) is 4.79 Å². The van der Waals surface area contributed by atoms with Crippen molar-refractivity contribution in [2.45, 2.75) is 44.6 Å². The summed E-state index contributed by atoms with van der Waals surface area (Å²) in [6, 6.07) is -0.168. The van der Waals surface area contributed by atoms with Gasteiger partial charge in [0.1, 0.15) is 0 Å². The summed E-state index contributed by atoms with van der Waals surface area (Å²) >= 11 is 0. The first-order valence-electron chi connectivity index (χ1n) is 8.00. The maximum absolute atomic E-state index is 11.6. The number of hydrogen-bond acceptors (Lipinski definition) is 3. The summed E-state index contributed by atoms with van der Waals surface area (Å²) < 4.78 is 5.60. The summed E-state index contributed by atoms with van der Waals surface area (Å²) in [6.45, 7) is 2.79.